The van der Waals surface area contributed by atoms with Crippen LogP contribution in [0.1, 0.15) is 22.8 Å². The van der Waals surface area contributed by atoms with Crippen molar-refractivity contribution >= 4 is 17.6 Å². The highest BCUT2D eigenvalue weighted by molar-refractivity contribution is 6.12. The lowest BCUT2D eigenvalue weighted by molar-refractivity contribution is -0.118. The predicted octanol–water partition coefficient (Wildman–Crippen LogP) is 3.59. The zero-order valence-electron chi connectivity index (χ0n) is 14.2. The van der Waals surface area contributed by atoms with Gasteiger partial charge in [-0.15, -0.1) is 0 Å². The molecule has 0 unspecified atom stereocenters. The van der Waals surface area contributed by atoms with Crippen LogP contribution in [0, 0.1) is 0 Å². The van der Waals surface area contributed by atoms with Crippen LogP contribution < -0.4 is 14.2 Å². The van der Waals surface area contributed by atoms with E-state index in [1.54, 1.807) is 24.3 Å². The van der Waals surface area contributed by atoms with Crippen molar-refractivity contribution in [2.24, 2.45) is 0 Å². The molecule has 0 N–H and O–H groups in total. The minimum atomic E-state index is -0.183. The van der Waals surface area contributed by atoms with Crippen molar-refractivity contribution in [2.75, 3.05) is 13.2 Å². The second-order valence-electron chi connectivity index (χ2n) is 6.13. The summed E-state index contributed by atoms with van der Waals surface area (Å²) in [5.41, 5.74) is 2.30. The Morgan fingerprint density at radius 1 is 1.19 bits per heavy atom. The van der Waals surface area contributed by atoms with Gasteiger partial charge in [-0.2, -0.15) is 0 Å². The van der Waals surface area contributed by atoms with E-state index in [1.165, 1.54) is 6.92 Å². The fourth-order valence-corrected chi connectivity index (χ4v) is 2.83. The number of benzene rings is 2. The van der Waals surface area contributed by atoms with Crippen molar-refractivity contribution in [3.05, 3.63) is 71.0 Å². The quantitative estimate of drug-likeness (QED) is 0.790. The van der Waals surface area contributed by atoms with Gasteiger partial charge in [-0.25, -0.2) is 0 Å². The Balaban J connectivity index is 1.57. The van der Waals surface area contributed by atoms with E-state index < -0.39 is 0 Å². The molecule has 2 aliphatic heterocycles. The average Bonchev–Trinajstić information content (AvgIpc) is 2.95. The van der Waals surface area contributed by atoms with E-state index in [9.17, 15) is 9.59 Å². The number of rotatable bonds is 4. The Hall–Kier alpha value is -3.34. The molecule has 2 aliphatic rings. The molecule has 5 heteroatoms. The summed E-state index contributed by atoms with van der Waals surface area (Å²) in [6.45, 7) is 1.81. The fraction of sp³-hybridized carbons (Fsp3) is 0.143. The molecule has 0 bridgehead atoms. The lowest BCUT2D eigenvalue weighted by atomic mass is 10.1. The molecule has 2 heterocycles. The first-order valence-electron chi connectivity index (χ1n) is 8.23. The van der Waals surface area contributed by atoms with Crippen LogP contribution in [0.4, 0.5) is 0 Å². The maximum atomic E-state index is 12.5. The molecule has 0 radical (unpaired) electrons. The molecule has 2 aromatic rings. The number of ketones is 2. The number of allylic oxidation sites excluding steroid dienone is 1. The number of carbonyl (C=O) groups excluding carboxylic acids is 2. The zero-order valence-corrected chi connectivity index (χ0v) is 14.2. The van der Waals surface area contributed by atoms with E-state index in [-0.39, 0.29) is 23.9 Å². The maximum absolute atomic E-state index is 12.5. The standard InChI is InChI=1S/C21H16O5/c1-13(22)11-24-16-6-7-17-19(10-16)26-20(21(17)23)9-14-8-15-4-2-3-5-18(15)25-12-14/h2-10H,11-12H2,1H3/b20-9-. The molecule has 0 saturated heterocycles. The summed E-state index contributed by atoms with van der Waals surface area (Å²) in [7, 11) is 0. The third-order valence-corrected chi connectivity index (χ3v) is 4.05. The molecule has 26 heavy (non-hydrogen) atoms. The molecule has 0 amide bonds. The summed E-state index contributed by atoms with van der Waals surface area (Å²) in [5, 5.41) is 0. The number of fused-ring (bicyclic) bond motifs is 2. The molecule has 4 rings (SSSR count). The predicted molar refractivity (Wildman–Crippen MR) is 95.6 cm³/mol. The van der Waals surface area contributed by atoms with E-state index in [0.717, 1.165) is 16.9 Å². The second kappa shape index (κ2) is 6.52. The number of para-hydroxylation sites is 1. The summed E-state index contributed by atoms with van der Waals surface area (Å²) in [5.74, 6) is 1.73. The van der Waals surface area contributed by atoms with E-state index in [2.05, 4.69) is 0 Å². The molecule has 0 aromatic heterocycles. The van der Waals surface area contributed by atoms with E-state index in [4.69, 9.17) is 14.2 Å². The monoisotopic (exact) mass is 348 g/mol. The Labute approximate surface area is 150 Å². The number of Topliss-reactive ketones (excluding diaryl/α,β-unsaturated/α-hetero) is 2. The van der Waals surface area contributed by atoms with Gasteiger partial charge in [0.15, 0.2) is 11.5 Å². The van der Waals surface area contributed by atoms with Gasteiger partial charge in [-0.1, -0.05) is 18.2 Å². The highest BCUT2D eigenvalue weighted by Crippen LogP contribution is 2.35. The molecule has 0 saturated carbocycles. The molecular weight excluding hydrogens is 332 g/mol. The van der Waals surface area contributed by atoms with E-state index in [0.29, 0.717) is 23.7 Å². The van der Waals surface area contributed by atoms with E-state index in [1.807, 2.05) is 30.3 Å². The summed E-state index contributed by atoms with van der Waals surface area (Å²) < 4.78 is 16.8. The van der Waals surface area contributed by atoms with Gasteiger partial charge in [0.1, 0.15) is 30.5 Å². The van der Waals surface area contributed by atoms with Crippen LogP contribution in [-0.4, -0.2) is 24.8 Å². The Kier molecular flexibility index (Phi) is 4.05. The number of hydrogen-bond acceptors (Lipinski definition) is 5. The summed E-state index contributed by atoms with van der Waals surface area (Å²) in [4.78, 5) is 23.6. The first kappa shape index (κ1) is 16.1. The molecule has 2 aromatic carbocycles. The van der Waals surface area contributed by atoms with Crippen LogP contribution in [-0.2, 0) is 4.79 Å². The van der Waals surface area contributed by atoms with Crippen molar-refractivity contribution in [1.82, 2.24) is 0 Å². The first-order chi connectivity index (χ1) is 12.6. The summed E-state index contributed by atoms with van der Waals surface area (Å²) in [6, 6.07) is 12.6. The normalized spacial score (nSPS) is 16.3. The average molecular weight is 348 g/mol. The van der Waals surface area contributed by atoms with Crippen LogP contribution in [0.2, 0.25) is 0 Å². The Morgan fingerprint density at radius 2 is 2.04 bits per heavy atom. The maximum Gasteiger partial charge on any atom is 0.231 e. The van der Waals surface area contributed by atoms with Gasteiger partial charge in [0.05, 0.1) is 5.56 Å². The zero-order chi connectivity index (χ0) is 18.1. The molecule has 5 nitrogen and oxygen atoms in total. The summed E-state index contributed by atoms with van der Waals surface area (Å²) >= 11 is 0. The molecule has 130 valence electrons. The van der Waals surface area contributed by atoms with E-state index >= 15 is 0 Å². The van der Waals surface area contributed by atoms with Gasteiger partial charge in [0.2, 0.25) is 5.78 Å². The van der Waals surface area contributed by atoms with Crippen molar-refractivity contribution in [2.45, 2.75) is 6.92 Å². The van der Waals surface area contributed by atoms with Gasteiger partial charge in [-0.3, -0.25) is 9.59 Å². The fourth-order valence-electron chi connectivity index (χ4n) is 2.83. The van der Waals surface area contributed by atoms with Crippen molar-refractivity contribution < 1.29 is 23.8 Å². The van der Waals surface area contributed by atoms with Crippen LogP contribution in [0.15, 0.2) is 59.9 Å². The van der Waals surface area contributed by atoms with Gasteiger partial charge < -0.3 is 14.2 Å². The van der Waals surface area contributed by atoms with Crippen LogP contribution in [0.5, 0.6) is 17.2 Å². The van der Waals surface area contributed by atoms with Crippen LogP contribution in [0.25, 0.3) is 6.08 Å². The van der Waals surface area contributed by atoms with Crippen molar-refractivity contribution in [3.8, 4) is 17.2 Å². The minimum Gasteiger partial charge on any atom is -0.488 e. The van der Waals surface area contributed by atoms with Crippen molar-refractivity contribution in [3.63, 3.8) is 0 Å². The largest absolute Gasteiger partial charge is 0.488 e. The van der Waals surface area contributed by atoms with Crippen molar-refractivity contribution in [1.29, 1.82) is 0 Å². The minimum absolute atomic E-state index is 0.0148. The lowest BCUT2D eigenvalue weighted by Crippen LogP contribution is -2.08. The third-order valence-electron chi connectivity index (χ3n) is 4.05. The lowest BCUT2D eigenvalue weighted by Gasteiger charge is -2.15. The number of hydrogen-bond donors (Lipinski definition) is 0. The SMILES string of the molecule is CC(=O)COc1ccc2c(c1)O/C(=C\C1=Cc3ccccc3OC1)C2=O. The van der Waals surface area contributed by atoms with Crippen LogP contribution in [0.3, 0.4) is 0 Å². The summed E-state index contributed by atoms with van der Waals surface area (Å²) in [6.07, 6.45) is 3.68. The smallest absolute Gasteiger partial charge is 0.231 e. The number of ether oxygens (including phenoxy) is 3. The Morgan fingerprint density at radius 3 is 2.88 bits per heavy atom. The van der Waals surface area contributed by atoms with Gasteiger partial charge in [-0.05, 0) is 42.8 Å². The number of carbonyl (C=O) groups is 2. The third kappa shape index (κ3) is 3.11. The van der Waals surface area contributed by atoms with Gasteiger partial charge >= 0.3 is 0 Å². The van der Waals surface area contributed by atoms with Gasteiger partial charge in [0, 0.05) is 11.6 Å². The molecular formula is C21H16O5. The first-order valence-corrected chi connectivity index (χ1v) is 8.23. The molecule has 0 atom stereocenters. The highest BCUT2D eigenvalue weighted by atomic mass is 16.5. The second-order valence-corrected chi connectivity index (χ2v) is 6.13. The highest BCUT2D eigenvalue weighted by Gasteiger charge is 2.28. The Bertz CT molecular complexity index is 968. The van der Waals surface area contributed by atoms with Crippen LogP contribution >= 0.6 is 0 Å². The molecule has 0 aliphatic carbocycles. The molecule has 0 spiro atoms. The topological polar surface area (TPSA) is 61.8 Å². The van der Waals surface area contributed by atoms with Gasteiger partial charge in [0.25, 0.3) is 0 Å². The molecule has 0 fully saturated rings.